The quantitative estimate of drug-likeness (QED) is 0.708. The topological polar surface area (TPSA) is 59.0 Å². The van der Waals surface area contributed by atoms with E-state index in [1.807, 2.05) is 67.2 Å². The molecule has 5 nitrogen and oxygen atoms in total. The van der Waals surface area contributed by atoms with E-state index < -0.39 is 0 Å². The zero-order valence-electron chi connectivity index (χ0n) is 14.7. The van der Waals surface area contributed by atoms with Crippen LogP contribution in [-0.4, -0.2) is 15.6 Å². The molecule has 0 bridgehead atoms. The van der Waals surface area contributed by atoms with Gasteiger partial charge in [0.15, 0.2) is 0 Å². The molecule has 1 aromatic heterocycles. The molecule has 2 atom stereocenters. The van der Waals surface area contributed by atoms with Gasteiger partial charge in [0, 0.05) is 24.5 Å². The van der Waals surface area contributed by atoms with E-state index in [-0.39, 0.29) is 18.1 Å². The molecule has 0 aliphatic carbocycles. The van der Waals surface area contributed by atoms with Crippen LogP contribution in [0.25, 0.3) is 0 Å². The second-order valence-corrected chi connectivity index (χ2v) is 6.57. The van der Waals surface area contributed by atoms with Crippen molar-refractivity contribution in [3.05, 3.63) is 89.0 Å². The number of imidazole rings is 1. The van der Waals surface area contributed by atoms with E-state index in [1.54, 1.807) is 18.3 Å². The van der Waals surface area contributed by atoms with Crippen LogP contribution in [0.1, 0.15) is 36.0 Å². The molecule has 0 aliphatic rings. The van der Waals surface area contributed by atoms with E-state index in [0.29, 0.717) is 5.02 Å². The number of rotatable bonds is 5. The number of benzene rings is 2. The first kappa shape index (κ1) is 18.0. The molecule has 3 aromatic rings. The summed E-state index contributed by atoms with van der Waals surface area (Å²) in [6.45, 7) is 1.95. The number of hydrogen-bond acceptors (Lipinski definition) is 2. The number of aromatic nitrogens is 2. The summed E-state index contributed by atoms with van der Waals surface area (Å²) in [6, 6.07) is 16.5. The highest BCUT2D eigenvalue weighted by Crippen LogP contribution is 2.22. The summed E-state index contributed by atoms with van der Waals surface area (Å²) in [5.41, 5.74) is 1.95. The van der Waals surface area contributed by atoms with Gasteiger partial charge in [-0.05, 0) is 30.2 Å². The lowest BCUT2D eigenvalue weighted by atomic mass is 10.1. The van der Waals surface area contributed by atoms with E-state index in [4.69, 9.17) is 11.6 Å². The van der Waals surface area contributed by atoms with Crippen LogP contribution in [0.15, 0.2) is 67.0 Å². The Kier molecular flexibility index (Phi) is 5.58. The van der Waals surface area contributed by atoms with E-state index in [0.717, 1.165) is 17.0 Å². The fraction of sp³-hybridized carbons (Fsp3) is 0.200. The molecule has 1 heterocycles. The van der Waals surface area contributed by atoms with Gasteiger partial charge in [0.05, 0.1) is 6.04 Å². The third-order valence-corrected chi connectivity index (χ3v) is 4.49. The molecule has 26 heavy (non-hydrogen) atoms. The van der Waals surface area contributed by atoms with Gasteiger partial charge >= 0.3 is 6.03 Å². The standard InChI is InChI=1S/C20H21ClN4O/c1-14(15-6-4-3-5-7-15)23-20(26)24-18(19-22-12-13-25(19)2)16-8-10-17(21)11-9-16/h3-14,18H,1-2H3,(H2,23,24,26)/t14-,18-/m0/s1. The van der Waals surface area contributed by atoms with Crippen LogP contribution in [0, 0.1) is 0 Å². The summed E-state index contributed by atoms with van der Waals surface area (Å²) >= 11 is 5.99. The van der Waals surface area contributed by atoms with Gasteiger partial charge in [-0.25, -0.2) is 9.78 Å². The van der Waals surface area contributed by atoms with Crippen LogP contribution >= 0.6 is 11.6 Å². The highest BCUT2D eigenvalue weighted by Gasteiger charge is 2.21. The molecule has 134 valence electrons. The van der Waals surface area contributed by atoms with Crippen molar-refractivity contribution in [1.29, 1.82) is 0 Å². The van der Waals surface area contributed by atoms with Crippen molar-refractivity contribution in [3.63, 3.8) is 0 Å². The van der Waals surface area contributed by atoms with Crippen molar-refractivity contribution >= 4 is 17.6 Å². The highest BCUT2D eigenvalue weighted by molar-refractivity contribution is 6.30. The first-order chi connectivity index (χ1) is 12.5. The lowest BCUT2D eigenvalue weighted by Gasteiger charge is -2.21. The molecular formula is C20H21ClN4O. The molecule has 0 saturated carbocycles. The normalized spacial score (nSPS) is 13.0. The molecule has 6 heteroatoms. The number of carbonyl (C=O) groups is 1. The molecule has 3 rings (SSSR count). The van der Waals surface area contributed by atoms with Crippen molar-refractivity contribution in [2.75, 3.05) is 0 Å². The zero-order valence-corrected chi connectivity index (χ0v) is 15.4. The lowest BCUT2D eigenvalue weighted by molar-refractivity contribution is 0.235. The molecule has 0 saturated heterocycles. The third kappa shape index (κ3) is 4.24. The Labute approximate surface area is 158 Å². The van der Waals surface area contributed by atoms with Crippen molar-refractivity contribution in [2.24, 2.45) is 7.05 Å². The van der Waals surface area contributed by atoms with Crippen LogP contribution in [0.3, 0.4) is 0 Å². The molecule has 2 amide bonds. The first-order valence-electron chi connectivity index (χ1n) is 8.39. The van der Waals surface area contributed by atoms with Crippen LogP contribution in [0.4, 0.5) is 4.79 Å². The van der Waals surface area contributed by atoms with Gasteiger partial charge in [0.25, 0.3) is 0 Å². The average Bonchev–Trinajstić information content (AvgIpc) is 3.07. The van der Waals surface area contributed by atoms with Crippen molar-refractivity contribution < 1.29 is 4.79 Å². The second kappa shape index (κ2) is 8.06. The van der Waals surface area contributed by atoms with Crippen molar-refractivity contribution in [2.45, 2.75) is 19.0 Å². The minimum Gasteiger partial charge on any atom is -0.336 e. The molecule has 2 N–H and O–H groups in total. The van der Waals surface area contributed by atoms with Gasteiger partial charge < -0.3 is 15.2 Å². The number of nitrogens with one attached hydrogen (secondary N) is 2. The largest absolute Gasteiger partial charge is 0.336 e. The third-order valence-electron chi connectivity index (χ3n) is 4.24. The van der Waals surface area contributed by atoms with Gasteiger partial charge in [-0.15, -0.1) is 0 Å². The molecule has 2 aromatic carbocycles. The van der Waals surface area contributed by atoms with E-state index >= 15 is 0 Å². The Balaban J connectivity index is 1.78. The monoisotopic (exact) mass is 368 g/mol. The Morgan fingerprint density at radius 2 is 1.73 bits per heavy atom. The maximum absolute atomic E-state index is 12.6. The number of nitrogens with zero attached hydrogens (tertiary/aromatic N) is 2. The summed E-state index contributed by atoms with van der Waals surface area (Å²) < 4.78 is 1.89. The minimum atomic E-state index is -0.379. The number of hydrogen-bond donors (Lipinski definition) is 2. The Morgan fingerprint density at radius 3 is 2.35 bits per heavy atom. The fourth-order valence-corrected chi connectivity index (χ4v) is 2.93. The Bertz CT molecular complexity index is 861. The minimum absolute atomic E-state index is 0.108. The van der Waals surface area contributed by atoms with Crippen molar-refractivity contribution in [1.82, 2.24) is 20.2 Å². The molecular weight excluding hydrogens is 348 g/mol. The average molecular weight is 369 g/mol. The van der Waals surface area contributed by atoms with Gasteiger partial charge in [0.2, 0.25) is 0 Å². The van der Waals surface area contributed by atoms with Crippen LogP contribution in [-0.2, 0) is 7.05 Å². The van der Waals surface area contributed by atoms with Crippen molar-refractivity contribution in [3.8, 4) is 0 Å². The number of urea groups is 1. The summed E-state index contributed by atoms with van der Waals surface area (Å²) in [5.74, 6) is 0.745. The van der Waals surface area contributed by atoms with Crippen LogP contribution in [0.5, 0.6) is 0 Å². The lowest BCUT2D eigenvalue weighted by Crippen LogP contribution is -2.40. The van der Waals surface area contributed by atoms with Gasteiger partial charge in [0.1, 0.15) is 11.9 Å². The maximum Gasteiger partial charge on any atom is 0.316 e. The fourth-order valence-electron chi connectivity index (χ4n) is 2.80. The highest BCUT2D eigenvalue weighted by atomic mass is 35.5. The summed E-state index contributed by atoms with van der Waals surface area (Å²) in [5, 5.41) is 6.64. The van der Waals surface area contributed by atoms with Gasteiger partial charge in [-0.2, -0.15) is 0 Å². The maximum atomic E-state index is 12.6. The first-order valence-corrected chi connectivity index (χ1v) is 8.77. The molecule has 0 aliphatic heterocycles. The van der Waals surface area contributed by atoms with E-state index in [9.17, 15) is 4.79 Å². The van der Waals surface area contributed by atoms with Gasteiger partial charge in [-0.3, -0.25) is 0 Å². The second-order valence-electron chi connectivity index (χ2n) is 6.13. The summed E-state index contributed by atoms with van der Waals surface area (Å²) in [6.07, 6.45) is 3.56. The predicted molar refractivity (Wildman–Crippen MR) is 103 cm³/mol. The number of carbonyl (C=O) groups excluding carboxylic acids is 1. The number of aryl methyl sites for hydroxylation is 1. The Morgan fingerprint density at radius 1 is 1.04 bits per heavy atom. The molecule has 0 radical (unpaired) electrons. The molecule has 0 unspecified atom stereocenters. The summed E-state index contributed by atoms with van der Waals surface area (Å²) in [7, 11) is 1.90. The summed E-state index contributed by atoms with van der Waals surface area (Å²) in [4.78, 5) is 17.0. The van der Waals surface area contributed by atoms with E-state index in [2.05, 4.69) is 15.6 Å². The molecule has 0 spiro atoms. The van der Waals surface area contributed by atoms with Crippen LogP contribution < -0.4 is 10.6 Å². The SMILES string of the molecule is C[C@H](NC(=O)N[C@@H](c1ccc(Cl)cc1)c1nccn1C)c1ccccc1. The number of amides is 2. The predicted octanol–water partition coefficient (Wildman–Crippen LogP) is 4.22. The number of halogens is 1. The van der Waals surface area contributed by atoms with E-state index in [1.165, 1.54) is 0 Å². The smallest absolute Gasteiger partial charge is 0.316 e. The van der Waals surface area contributed by atoms with Crippen LogP contribution in [0.2, 0.25) is 5.02 Å². The van der Waals surface area contributed by atoms with Gasteiger partial charge in [-0.1, -0.05) is 54.1 Å². The molecule has 0 fully saturated rings. The zero-order chi connectivity index (χ0) is 18.5. The Hall–Kier alpha value is -2.79.